The number of aromatic nitrogens is 1. The van der Waals surface area contributed by atoms with E-state index in [0.29, 0.717) is 6.61 Å². The first-order chi connectivity index (χ1) is 9.24. The molecule has 19 heavy (non-hydrogen) atoms. The topological polar surface area (TPSA) is 60.2 Å². The summed E-state index contributed by atoms with van der Waals surface area (Å²) in [5.74, 6) is 6.49. The number of rotatable bonds is 5. The normalized spacial score (nSPS) is 12.2. The third-order valence-electron chi connectivity index (χ3n) is 2.72. The van der Waals surface area contributed by atoms with Crippen LogP contribution in [0.1, 0.15) is 24.2 Å². The fraction of sp³-hybridized carbons (Fsp3) is 0.214. The molecule has 5 heteroatoms. The summed E-state index contributed by atoms with van der Waals surface area (Å²) in [6.07, 6.45) is 1.76. The molecule has 1 unspecified atom stereocenters. The molecule has 0 aliphatic carbocycles. The summed E-state index contributed by atoms with van der Waals surface area (Å²) in [5.41, 5.74) is 4.67. The summed E-state index contributed by atoms with van der Waals surface area (Å²) in [7, 11) is 0. The number of nitrogens with zero attached hydrogens (tertiary/aromatic N) is 1. The first-order valence-corrected chi connectivity index (χ1v) is 6.84. The van der Waals surface area contributed by atoms with Gasteiger partial charge in [-0.05, 0) is 52.7 Å². The first-order valence-electron chi connectivity index (χ1n) is 6.05. The number of benzene rings is 1. The minimum Gasteiger partial charge on any atom is -0.494 e. The molecule has 0 spiro atoms. The zero-order valence-corrected chi connectivity index (χ0v) is 12.2. The van der Waals surface area contributed by atoms with Gasteiger partial charge in [0.05, 0.1) is 18.3 Å². The molecule has 0 saturated carbocycles. The Kier molecular flexibility index (Phi) is 4.90. The van der Waals surface area contributed by atoms with Crippen molar-refractivity contribution in [1.82, 2.24) is 10.4 Å². The fourth-order valence-corrected chi connectivity index (χ4v) is 2.10. The number of nitrogens with one attached hydrogen (secondary N) is 1. The van der Waals surface area contributed by atoms with Crippen LogP contribution in [-0.4, -0.2) is 11.6 Å². The lowest BCUT2D eigenvalue weighted by molar-refractivity contribution is 0.339. The minimum atomic E-state index is -0.159. The minimum absolute atomic E-state index is 0.159. The molecule has 2 aromatic rings. The molecule has 1 heterocycles. The Hall–Kier alpha value is -1.43. The Balaban J connectivity index is 2.30. The highest BCUT2D eigenvalue weighted by atomic mass is 79.9. The van der Waals surface area contributed by atoms with E-state index in [1.165, 1.54) is 0 Å². The van der Waals surface area contributed by atoms with Gasteiger partial charge in [-0.15, -0.1) is 0 Å². The van der Waals surface area contributed by atoms with Gasteiger partial charge in [0.15, 0.2) is 0 Å². The molecule has 1 aromatic carbocycles. The van der Waals surface area contributed by atoms with E-state index in [9.17, 15) is 0 Å². The lowest BCUT2D eigenvalue weighted by Crippen LogP contribution is -2.29. The van der Waals surface area contributed by atoms with Crippen LogP contribution < -0.4 is 16.0 Å². The smallest absolute Gasteiger partial charge is 0.119 e. The number of nitrogens with two attached hydrogens (primary N) is 1. The standard InChI is InChI=1S/C14H16BrN3O/c1-2-19-12-5-3-4-10(8-12)14(18-16)13-7-6-11(15)9-17-13/h3-9,14,18H,2,16H2,1H3. The molecule has 4 nitrogen and oxygen atoms in total. The number of halogens is 1. The SMILES string of the molecule is CCOc1cccc(C(NN)c2ccc(Br)cn2)c1. The maximum atomic E-state index is 5.66. The molecule has 2 rings (SSSR count). The van der Waals surface area contributed by atoms with Crippen molar-refractivity contribution in [3.8, 4) is 5.75 Å². The van der Waals surface area contributed by atoms with Crippen molar-refractivity contribution in [3.05, 3.63) is 58.3 Å². The van der Waals surface area contributed by atoms with Crippen LogP contribution in [0.3, 0.4) is 0 Å². The van der Waals surface area contributed by atoms with Crippen molar-refractivity contribution in [1.29, 1.82) is 0 Å². The second-order valence-electron chi connectivity index (χ2n) is 4.01. The molecule has 1 atom stereocenters. The van der Waals surface area contributed by atoms with Crippen molar-refractivity contribution in [3.63, 3.8) is 0 Å². The molecule has 0 saturated heterocycles. The number of hydrazine groups is 1. The van der Waals surface area contributed by atoms with Crippen LogP contribution in [0, 0.1) is 0 Å². The van der Waals surface area contributed by atoms with Gasteiger partial charge >= 0.3 is 0 Å². The Morgan fingerprint density at radius 1 is 1.37 bits per heavy atom. The van der Waals surface area contributed by atoms with Crippen LogP contribution in [0.2, 0.25) is 0 Å². The summed E-state index contributed by atoms with van der Waals surface area (Å²) >= 11 is 3.37. The number of hydrogen-bond acceptors (Lipinski definition) is 4. The third-order valence-corrected chi connectivity index (χ3v) is 3.18. The Morgan fingerprint density at radius 2 is 2.21 bits per heavy atom. The van der Waals surface area contributed by atoms with Gasteiger partial charge in [0, 0.05) is 10.7 Å². The molecular formula is C14H16BrN3O. The van der Waals surface area contributed by atoms with Crippen LogP contribution in [0.4, 0.5) is 0 Å². The van der Waals surface area contributed by atoms with Crippen molar-refractivity contribution in [2.75, 3.05) is 6.61 Å². The highest BCUT2D eigenvalue weighted by molar-refractivity contribution is 9.10. The molecule has 0 bridgehead atoms. The molecule has 0 radical (unpaired) electrons. The Bertz CT molecular complexity index is 530. The Morgan fingerprint density at radius 3 is 2.84 bits per heavy atom. The van der Waals surface area contributed by atoms with Gasteiger partial charge in [0.25, 0.3) is 0 Å². The third kappa shape index (κ3) is 3.53. The van der Waals surface area contributed by atoms with Crippen LogP contribution in [0.5, 0.6) is 5.75 Å². The summed E-state index contributed by atoms with van der Waals surface area (Å²) in [4.78, 5) is 4.37. The quantitative estimate of drug-likeness (QED) is 0.656. The number of pyridine rings is 1. The van der Waals surface area contributed by atoms with E-state index in [1.807, 2.05) is 43.3 Å². The second kappa shape index (κ2) is 6.65. The van der Waals surface area contributed by atoms with Gasteiger partial charge in [-0.3, -0.25) is 10.8 Å². The predicted octanol–water partition coefficient (Wildman–Crippen LogP) is 2.80. The molecule has 0 aliphatic heterocycles. The Labute approximate surface area is 121 Å². The van der Waals surface area contributed by atoms with Crippen molar-refractivity contribution >= 4 is 15.9 Å². The maximum Gasteiger partial charge on any atom is 0.119 e. The van der Waals surface area contributed by atoms with Crippen molar-refractivity contribution < 1.29 is 4.74 Å². The monoisotopic (exact) mass is 321 g/mol. The van der Waals surface area contributed by atoms with Gasteiger partial charge < -0.3 is 4.74 Å². The maximum absolute atomic E-state index is 5.66. The molecule has 100 valence electrons. The number of ether oxygens (including phenoxy) is 1. The van der Waals surface area contributed by atoms with Crippen LogP contribution in [-0.2, 0) is 0 Å². The van der Waals surface area contributed by atoms with E-state index in [0.717, 1.165) is 21.5 Å². The molecule has 1 aromatic heterocycles. The summed E-state index contributed by atoms with van der Waals surface area (Å²) < 4.78 is 6.44. The van der Waals surface area contributed by atoms with Crippen LogP contribution in [0.25, 0.3) is 0 Å². The fourth-order valence-electron chi connectivity index (χ4n) is 1.86. The molecule has 3 N–H and O–H groups in total. The first kappa shape index (κ1) is 14.0. The van der Waals surface area contributed by atoms with E-state index in [4.69, 9.17) is 10.6 Å². The van der Waals surface area contributed by atoms with Crippen molar-refractivity contribution in [2.24, 2.45) is 5.84 Å². The van der Waals surface area contributed by atoms with Crippen LogP contribution in [0.15, 0.2) is 47.1 Å². The van der Waals surface area contributed by atoms with E-state index >= 15 is 0 Å². The molecule has 0 aliphatic rings. The summed E-state index contributed by atoms with van der Waals surface area (Å²) in [5, 5.41) is 0. The van der Waals surface area contributed by atoms with E-state index in [1.54, 1.807) is 6.20 Å². The molecular weight excluding hydrogens is 306 g/mol. The summed E-state index contributed by atoms with van der Waals surface area (Å²) in [6, 6.07) is 11.6. The highest BCUT2D eigenvalue weighted by Crippen LogP contribution is 2.24. The number of hydrogen-bond donors (Lipinski definition) is 2. The largest absolute Gasteiger partial charge is 0.494 e. The lowest BCUT2D eigenvalue weighted by atomic mass is 10.0. The van der Waals surface area contributed by atoms with E-state index in [-0.39, 0.29) is 6.04 Å². The molecule has 0 fully saturated rings. The van der Waals surface area contributed by atoms with E-state index < -0.39 is 0 Å². The predicted molar refractivity (Wildman–Crippen MR) is 78.7 cm³/mol. The lowest BCUT2D eigenvalue weighted by Gasteiger charge is -2.16. The average Bonchev–Trinajstić information content (AvgIpc) is 2.43. The van der Waals surface area contributed by atoms with Gasteiger partial charge in [-0.1, -0.05) is 12.1 Å². The van der Waals surface area contributed by atoms with Gasteiger partial charge in [0.2, 0.25) is 0 Å². The zero-order chi connectivity index (χ0) is 13.7. The average molecular weight is 322 g/mol. The summed E-state index contributed by atoms with van der Waals surface area (Å²) in [6.45, 7) is 2.60. The highest BCUT2D eigenvalue weighted by Gasteiger charge is 2.14. The van der Waals surface area contributed by atoms with Gasteiger partial charge in [-0.2, -0.15) is 0 Å². The van der Waals surface area contributed by atoms with Crippen LogP contribution >= 0.6 is 15.9 Å². The van der Waals surface area contributed by atoms with E-state index in [2.05, 4.69) is 26.3 Å². The van der Waals surface area contributed by atoms with Gasteiger partial charge in [-0.25, -0.2) is 5.43 Å². The zero-order valence-electron chi connectivity index (χ0n) is 10.6. The second-order valence-corrected chi connectivity index (χ2v) is 4.92. The molecule has 0 amide bonds. The van der Waals surface area contributed by atoms with Crippen molar-refractivity contribution in [2.45, 2.75) is 13.0 Å². The van der Waals surface area contributed by atoms with Gasteiger partial charge in [0.1, 0.15) is 5.75 Å².